The van der Waals surface area contributed by atoms with Gasteiger partial charge in [0, 0.05) is 13.3 Å². The molecule has 1 heterocycles. The van der Waals surface area contributed by atoms with Crippen LogP contribution in [0, 0.1) is 5.92 Å². The van der Waals surface area contributed by atoms with E-state index in [9.17, 15) is 53.4 Å². The van der Waals surface area contributed by atoms with Crippen LogP contribution in [-0.2, 0) is 49.6 Å². The maximum absolute atomic E-state index is 14.0. The Morgan fingerprint density at radius 2 is 1.61 bits per heavy atom. The number of carbonyl (C=O) groups is 8. The van der Waals surface area contributed by atoms with Gasteiger partial charge in [-0.05, 0) is 43.7 Å². The first-order valence-corrected chi connectivity index (χ1v) is 17.5. The molecule has 1 aromatic carbocycles. The van der Waals surface area contributed by atoms with Crippen molar-refractivity contribution >= 4 is 53.5 Å². The van der Waals surface area contributed by atoms with Gasteiger partial charge in [-0.3, -0.25) is 53.0 Å². The molecule has 54 heavy (non-hydrogen) atoms. The summed E-state index contributed by atoms with van der Waals surface area (Å²) in [5.41, 5.74) is 16.8. The second-order valence-electron chi connectivity index (χ2n) is 13.4. The van der Waals surface area contributed by atoms with Crippen LogP contribution in [0.2, 0.25) is 0 Å². The molecule has 0 aliphatic carbocycles. The second kappa shape index (κ2) is 21.6. The summed E-state index contributed by atoms with van der Waals surface area (Å²) in [6.07, 6.45) is -1.72. The van der Waals surface area contributed by atoms with Crippen LogP contribution in [0.3, 0.4) is 0 Å². The van der Waals surface area contributed by atoms with Crippen molar-refractivity contribution in [2.45, 2.75) is 108 Å². The average Bonchev–Trinajstić information content (AvgIpc) is 3.66. The minimum atomic E-state index is -1.98. The number of hydrogen-bond acceptors (Lipinski definition) is 13. The van der Waals surface area contributed by atoms with Gasteiger partial charge in [-0.2, -0.15) is 0 Å². The molecule has 19 nitrogen and oxygen atoms in total. The van der Waals surface area contributed by atoms with Gasteiger partial charge in [-0.1, -0.05) is 44.2 Å². The van der Waals surface area contributed by atoms with Crippen LogP contribution in [0.1, 0.15) is 64.9 Å². The van der Waals surface area contributed by atoms with Crippen LogP contribution in [-0.4, -0.2) is 129 Å². The van der Waals surface area contributed by atoms with Crippen LogP contribution in [0.25, 0.3) is 0 Å². The zero-order chi connectivity index (χ0) is 40.7. The van der Waals surface area contributed by atoms with E-state index in [1.54, 1.807) is 50.5 Å². The van der Waals surface area contributed by atoms with E-state index >= 15 is 0 Å². The first kappa shape index (κ1) is 45.0. The smallest absolute Gasteiger partial charge is 0.252 e. The number of nitrogens with two attached hydrogens (primary N) is 3. The summed E-state index contributed by atoms with van der Waals surface area (Å²) >= 11 is 0. The minimum Gasteiger partial charge on any atom is -0.394 e. The fourth-order valence-electron chi connectivity index (χ4n) is 5.91. The molecule has 1 aliphatic rings. The summed E-state index contributed by atoms with van der Waals surface area (Å²) in [7, 11) is 0. The van der Waals surface area contributed by atoms with Gasteiger partial charge in [0.25, 0.3) is 5.91 Å². The minimum absolute atomic E-state index is 0.139. The number of rotatable bonds is 21. The van der Waals surface area contributed by atoms with Gasteiger partial charge in [-0.15, -0.1) is 0 Å². The molecule has 1 saturated heterocycles. The lowest BCUT2D eigenvalue weighted by atomic mass is 9.96. The number of hydrogen-bond donors (Lipinski definition) is 8. The highest BCUT2D eigenvalue weighted by molar-refractivity contribution is 6.04. The molecule has 1 radical (unpaired) electrons. The number of amides is 8. The van der Waals surface area contributed by atoms with Crippen LogP contribution >= 0.6 is 0 Å². The third kappa shape index (κ3) is 13.1. The van der Waals surface area contributed by atoms with Crippen LogP contribution in [0.4, 0.5) is 0 Å². The molecule has 11 N–H and O–H groups in total. The third-order valence-electron chi connectivity index (χ3n) is 8.78. The Hall–Kier alpha value is -5.11. The van der Waals surface area contributed by atoms with Gasteiger partial charge in [0.1, 0.15) is 24.2 Å². The number of primary amides is 2. The van der Waals surface area contributed by atoms with Gasteiger partial charge >= 0.3 is 0 Å². The highest BCUT2D eigenvalue weighted by Gasteiger charge is 2.42. The van der Waals surface area contributed by atoms with Crippen molar-refractivity contribution in [3.63, 3.8) is 0 Å². The number of nitrogens with zero attached hydrogens (tertiary/aromatic N) is 2. The maximum Gasteiger partial charge on any atom is 0.252 e. The largest absolute Gasteiger partial charge is 0.394 e. The lowest BCUT2D eigenvalue weighted by molar-refractivity contribution is -0.154. The summed E-state index contributed by atoms with van der Waals surface area (Å²) in [5, 5.41) is 28.5. The molecule has 0 spiro atoms. The van der Waals surface area contributed by atoms with Crippen LogP contribution in [0.5, 0.6) is 0 Å². The summed E-state index contributed by atoms with van der Waals surface area (Å²) in [6, 6.07) is -0.223. The first-order valence-electron chi connectivity index (χ1n) is 17.5. The molecule has 297 valence electrons. The molecule has 7 atom stereocenters. The average molecular weight is 760 g/mol. The zero-order valence-electron chi connectivity index (χ0n) is 30.6. The molecule has 0 aromatic heterocycles. The molecular formula is C35H51N8O11. The summed E-state index contributed by atoms with van der Waals surface area (Å²) in [6.45, 7) is 3.82. The number of imide groups is 2. The lowest BCUT2D eigenvalue weighted by Crippen LogP contribution is -2.61. The molecule has 2 unspecified atom stereocenters. The Bertz CT molecular complexity index is 1520. The molecule has 1 aliphatic heterocycles. The lowest BCUT2D eigenvalue weighted by Gasteiger charge is -2.34. The Balaban J connectivity index is 2.54. The van der Waals surface area contributed by atoms with Crippen molar-refractivity contribution in [1.82, 2.24) is 25.8 Å². The van der Waals surface area contributed by atoms with E-state index in [0.29, 0.717) is 29.8 Å². The quantitative estimate of drug-likeness (QED) is 0.0602. The van der Waals surface area contributed by atoms with E-state index in [-0.39, 0.29) is 6.42 Å². The van der Waals surface area contributed by atoms with Gasteiger partial charge in [0.2, 0.25) is 47.6 Å². The number of aliphatic hydroxyl groups excluding tert-OH is 2. The second-order valence-corrected chi connectivity index (χ2v) is 13.4. The molecule has 0 bridgehead atoms. The highest BCUT2D eigenvalue weighted by Crippen LogP contribution is 2.20. The molecule has 19 heteroatoms. The fraction of sp³-hybridized carbons (Fsp3) is 0.571. The molecular weight excluding hydrogens is 708 g/mol. The van der Waals surface area contributed by atoms with Crippen LogP contribution in [0.15, 0.2) is 30.3 Å². The van der Waals surface area contributed by atoms with E-state index in [4.69, 9.17) is 17.2 Å². The molecule has 1 fully saturated rings. The summed E-state index contributed by atoms with van der Waals surface area (Å²) in [4.78, 5) is 118. The van der Waals surface area contributed by atoms with E-state index in [2.05, 4.69) is 16.0 Å². The molecule has 0 saturated carbocycles. The predicted octanol–water partition coefficient (Wildman–Crippen LogP) is -3.60. The molecule has 8 amide bonds. The topological polar surface area (TPSA) is 315 Å². The number of nitrogens with one attached hydrogen (secondary N) is 3. The summed E-state index contributed by atoms with van der Waals surface area (Å²) < 4.78 is 0. The van der Waals surface area contributed by atoms with E-state index in [1.807, 2.05) is 0 Å². The Morgan fingerprint density at radius 1 is 0.963 bits per heavy atom. The van der Waals surface area contributed by atoms with E-state index in [0.717, 1.165) is 11.8 Å². The van der Waals surface area contributed by atoms with Crippen molar-refractivity contribution in [3.8, 4) is 0 Å². The fourth-order valence-corrected chi connectivity index (χ4v) is 5.91. The van der Waals surface area contributed by atoms with Crippen LogP contribution < -0.4 is 33.2 Å². The van der Waals surface area contributed by atoms with E-state index in [1.165, 1.54) is 0 Å². The predicted molar refractivity (Wildman–Crippen MR) is 190 cm³/mol. The Morgan fingerprint density at radius 3 is 2.11 bits per heavy atom. The van der Waals surface area contributed by atoms with Gasteiger partial charge < -0.3 is 43.4 Å². The Kier molecular flexibility index (Phi) is 18.0. The summed E-state index contributed by atoms with van der Waals surface area (Å²) in [5.74, 6) is -8.71. The molecule has 2 rings (SSSR count). The van der Waals surface area contributed by atoms with Crippen molar-refractivity contribution < 1.29 is 53.4 Å². The first-order chi connectivity index (χ1) is 25.4. The van der Waals surface area contributed by atoms with Crippen molar-refractivity contribution in [2.24, 2.45) is 23.1 Å². The van der Waals surface area contributed by atoms with E-state index < -0.39 is 128 Å². The number of carbonyl (C=O) groups excluding carboxylic acids is 9. The van der Waals surface area contributed by atoms with Gasteiger partial charge in [0.05, 0.1) is 37.6 Å². The maximum atomic E-state index is 14.0. The number of benzene rings is 1. The van der Waals surface area contributed by atoms with Crippen molar-refractivity contribution in [1.29, 1.82) is 0 Å². The zero-order valence-corrected chi connectivity index (χ0v) is 30.6. The SMILES string of the molecule is CC(=O)N(C(=O)[C@H](CCC(N)=O)NC(=O)[C@@H](N)CO)[C@@H](CC(N)=O)C(=O)NC(Cc1ccccc1)C(O)CC(=O)N(C(=O)[C@@H]1CCCN1)[C@H]([C]=O)C(C)C. The monoisotopic (exact) mass is 759 g/mol. The Labute approximate surface area is 312 Å². The van der Waals surface area contributed by atoms with Crippen molar-refractivity contribution in [3.05, 3.63) is 35.9 Å². The van der Waals surface area contributed by atoms with Gasteiger partial charge in [-0.25, -0.2) is 0 Å². The van der Waals surface area contributed by atoms with Crippen molar-refractivity contribution in [2.75, 3.05) is 13.2 Å². The number of aliphatic hydroxyl groups is 2. The molecule has 1 aromatic rings. The highest BCUT2D eigenvalue weighted by atomic mass is 16.3. The third-order valence-corrected chi connectivity index (χ3v) is 8.78. The standard InChI is InChI=1S/C35H51N8O11/c1-19(2)27(18-45)43(34(53)23-10-7-13-39-23)31(50)16-28(47)25(14-21-8-5-4-6-9-21)41-33(52)26(15-30(38)49)42(20(3)46)35(54)24(11-12-29(37)48)40-32(51)22(36)17-44/h4-6,8-9,19,22-28,39,44,47H,7,10-17,36H2,1-3H3,(H2,37,48)(H2,38,49)(H,40,51)(H,41,52)/t22-,23-,24-,25?,26-,27+,28?/m0/s1. The van der Waals surface area contributed by atoms with Gasteiger partial charge in [0.15, 0.2) is 0 Å². The normalized spacial score (nSPS) is 17.2.